The lowest BCUT2D eigenvalue weighted by atomic mass is 10.1. The van der Waals surface area contributed by atoms with Crippen LogP contribution in [-0.4, -0.2) is 19.3 Å². The summed E-state index contributed by atoms with van der Waals surface area (Å²) >= 11 is 0. The lowest BCUT2D eigenvalue weighted by Gasteiger charge is -2.15. The molecule has 0 aromatic heterocycles. The first-order valence-electron chi connectivity index (χ1n) is 4.03. The molecule has 1 rings (SSSR count). The Morgan fingerprint density at radius 2 is 2.17 bits per heavy atom. The molecule has 1 saturated heterocycles. The van der Waals surface area contributed by atoms with E-state index in [0.717, 1.165) is 25.0 Å². The van der Waals surface area contributed by atoms with Crippen molar-refractivity contribution < 1.29 is 13.2 Å². The molecule has 12 heavy (non-hydrogen) atoms. The predicted octanol–water partition coefficient (Wildman–Crippen LogP) is 2.25. The number of piperidine rings is 1. The fourth-order valence-corrected chi connectivity index (χ4v) is 1.21. The standard InChI is InChI=1S/C8H12F3N/c9-8(10,11)4-3-7-2-1-5-12-6-7/h3,12H,1-2,4-6H2. The summed E-state index contributed by atoms with van der Waals surface area (Å²) < 4.78 is 35.2. The molecule has 0 amide bonds. The molecular weight excluding hydrogens is 167 g/mol. The summed E-state index contributed by atoms with van der Waals surface area (Å²) in [5.41, 5.74) is 0.888. The Morgan fingerprint density at radius 3 is 2.67 bits per heavy atom. The maximum Gasteiger partial charge on any atom is 0.392 e. The van der Waals surface area contributed by atoms with E-state index in [1.165, 1.54) is 6.08 Å². The van der Waals surface area contributed by atoms with Crippen LogP contribution < -0.4 is 5.32 Å². The van der Waals surface area contributed by atoms with Crippen molar-refractivity contribution in [1.82, 2.24) is 5.32 Å². The third-order valence-corrected chi connectivity index (χ3v) is 1.83. The van der Waals surface area contributed by atoms with E-state index in [4.69, 9.17) is 0 Å². The number of hydrogen-bond donors (Lipinski definition) is 1. The number of alkyl halides is 3. The van der Waals surface area contributed by atoms with Crippen LogP contribution in [0.5, 0.6) is 0 Å². The molecule has 0 saturated carbocycles. The van der Waals surface area contributed by atoms with E-state index in [1.807, 2.05) is 0 Å². The average molecular weight is 179 g/mol. The van der Waals surface area contributed by atoms with Gasteiger partial charge in [-0.2, -0.15) is 13.2 Å². The molecule has 1 aliphatic rings. The monoisotopic (exact) mass is 179 g/mol. The highest BCUT2D eigenvalue weighted by atomic mass is 19.4. The van der Waals surface area contributed by atoms with E-state index >= 15 is 0 Å². The summed E-state index contributed by atoms with van der Waals surface area (Å²) in [5, 5.41) is 3.04. The zero-order valence-electron chi connectivity index (χ0n) is 6.75. The van der Waals surface area contributed by atoms with E-state index in [2.05, 4.69) is 5.32 Å². The van der Waals surface area contributed by atoms with Crippen LogP contribution in [0.1, 0.15) is 19.3 Å². The molecule has 1 fully saturated rings. The quantitative estimate of drug-likeness (QED) is 0.609. The molecule has 70 valence electrons. The van der Waals surface area contributed by atoms with Crippen molar-refractivity contribution in [2.75, 3.05) is 13.1 Å². The highest BCUT2D eigenvalue weighted by Crippen LogP contribution is 2.22. The molecule has 1 N–H and O–H groups in total. The summed E-state index contributed by atoms with van der Waals surface area (Å²) in [6.45, 7) is 1.54. The number of nitrogens with one attached hydrogen (secondary N) is 1. The SMILES string of the molecule is FC(F)(F)CC=C1CCCNC1. The van der Waals surface area contributed by atoms with E-state index in [0.29, 0.717) is 6.54 Å². The first-order valence-corrected chi connectivity index (χ1v) is 4.03. The molecule has 0 aromatic rings. The number of hydrogen-bond acceptors (Lipinski definition) is 1. The molecule has 0 atom stereocenters. The molecule has 0 spiro atoms. The van der Waals surface area contributed by atoms with Crippen LogP contribution in [0.3, 0.4) is 0 Å². The van der Waals surface area contributed by atoms with Crippen molar-refractivity contribution in [1.29, 1.82) is 0 Å². The molecule has 1 aliphatic heterocycles. The Labute approximate surface area is 69.6 Å². The highest BCUT2D eigenvalue weighted by molar-refractivity contribution is 5.06. The molecular formula is C8H12F3N. The fourth-order valence-electron chi connectivity index (χ4n) is 1.21. The topological polar surface area (TPSA) is 12.0 Å². The minimum absolute atomic E-state index is 0.621. The zero-order valence-corrected chi connectivity index (χ0v) is 6.75. The predicted molar refractivity (Wildman–Crippen MR) is 40.9 cm³/mol. The maximum absolute atomic E-state index is 11.7. The lowest BCUT2D eigenvalue weighted by molar-refractivity contribution is -0.125. The molecule has 4 heteroatoms. The average Bonchev–Trinajstić information content (AvgIpc) is 2.02. The van der Waals surface area contributed by atoms with E-state index < -0.39 is 12.6 Å². The molecule has 0 bridgehead atoms. The Balaban J connectivity index is 2.35. The fraction of sp³-hybridized carbons (Fsp3) is 0.750. The van der Waals surface area contributed by atoms with Crippen LogP contribution in [0.2, 0.25) is 0 Å². The van der Waals surface area contributed by atoms with Crippen LogP contribution >= 0.6 is 0 Å². The summed E-state index contributed by atoms with van der Waals surface area (Å²) in [6, 6.07) is 0. The smallest absolute Gasteiger partial charge is 0.313 e. The zero-order chi connectivity index (χ0) is 9.03. The molecule has 0 aliphatic carbocycles. The van der Waals surface area contributed by atoms with Crippen LogP contribution in [-0.2, 0) is 0 Å². The van der Waals surface area contributed by atoms with Gasteiger partial charge in [-0.05, 0) is 19.4 Å². The van der Waals surface area contributed by atoms with Gasteiger partial charge < -0.3 is 5.32 Å². The van der Waals surface area contributed by atoms with Gasteiger partial charge in [0.15, 0.2) is 0 Å². The Morgan fingerprint density at radius 1 is 1.42 bits per heavy atom. The number of rotatable bonds is 1. The van der Waals surface area contributed by atoms with Gasteiger partial charge >= 0.3 is 6.18 Å². The Kier molecular flexibility index (Phi) is 3.14. The van der Waals surface area contributed by atoms with Gasteiger partial charge in [-0.25, -0.2) is 0 Å². The van der Waals surface area contributed by atoms with Crippen LogP contribution in [0.25, 0.3) is 0 Å². The first-order chi connectivity index (χ1) is 5.58. The minimum Gasteiger partial charge on any atom is -0.313 e. The van der Waals surface area contributed by atoms with Crippen molar-refractivity contribution in [3.05, 3.63) is 11.6 Å². The van der Waals surface area contributed by atoms with Gasteiger partial charge in [0, 0.05) is 6.54 Å². The van der Waals surface area contributed by atoms with Crippen molar-refractivity contribution in [2.45, 2.75) is 25.4 Å². The number of halogens is 3. The third-order valence-electron chi connectivity index (χ3n) is 1.83. The van der Waals surface area contributed by atoms with Crippen molar-refractivity contribution in [2.24, 2.45) is 0 Å². The summed E-state index contributed by atoms with van der Waals surface area (Å²) in [6.07, 6.45) is -1.78. The second-order valence-corrected chi connectivity index (χ2v) is 2.96. The van der Waals surface area contributed by atoms with E-state index in [-0.39, 0.29) is 0 Å². The van der Waals surface area contributed by atoms with Gasteiger partial charge in [-0.3, -0.25) is 0 Å². The minimum atomic E-state index is -4.05. The second kappa shape index (κ2) is 3.94. The molecule has 0 radical (unpaired) electrons. The maximum atomic E-state index is 11.7. The largest absolute Gasteiger partial charge is 0.392 e. The molecule has 1 nitrogen and oxygen atoms in total. The second-order valence-electron chi connectivity index (χ2n) is 2.96. The van der Waals surface area contributed by atoms with Crippen molar-refractivity contribution in [3.8, 4) is 0 Å². The summed E-state index contributed by atoms with van der Waals surface area (Å²) in [7, 11) is 0. The Hall–Kier alpha value is -0.510. The summed E-state index contributed by atoms with van der Waals surface area (Å²) in [5.74, 6) is 0. The molecule has 1 heterocycles. The normalized spacial score (nSPS) is 23.1. The third kappa shape index (κ3) is 3.76. The summed E-state index contributed by atoms with van der Waals surface area (Å²) in [4.78, 5) is 0. The number of allylic oxidation sites excluding steroid dienone is 1. The molecule has 0 unspecified atom stereocenters. The first kappa shape index (κ1) is 9.58. The lowest BCUT2D eigenvalue weighted by Crippen LogP contribution is -2.24. The van der Waals surface area contributed by atoms with Gasteiger partial charge in [0.2, 0.25) is 0 Å². The Bertz CT molecular complexity index is 164. The van der Waals surface area contributed by atoms with Crippen LogP contribution in [0.4, 0.5) is 13.2 Å². The van der Waals surface area contributed by atoms with Gasteiger partial charge in [0.1, 0.15) is 0 Å². The van der Waals surface area contributed by atoms with Crippen LogP contribution in [0.15, 0.2) is 11.6 Å². The highest BCUT2D eigenvalue weighted by Gasteiger charge is 2.25. The van der Waals surface area contributed by atoms with Gasteiger partial charge in [0.25, 0.3) is 0 Å². The van der Waals surface area contributed by atoms with E-state index in [9.17, 15) is 13.2 Å². The van der Waals surface area contributed by atoms with Gasteiger partial charge in [-0.15, -0.1) is 0 Å². The van der Waals surface area contributed by atoms with E-state index in [1.54, 1.807) is 0 Å². The van der Waals surface area contributed by atoms with Crippen molar-refractivity contribution in [3.63, 3.8) is 0 Å². The van der Waals surface area contributed by atoms with Gasteiger partial charge in [-0.1, -0.05) is 11.6 Å². The van der Waals surface area contributed by atoms with Crippen molar-refractivity contribution >= 4 is 0 Å². The van der Waals surface area contributed by atoms with Gasteiger partial charge in [0.05, 0.1) is 6.42 Å². The molecule has 0 aromatic carbocycles. The van der Waals surface area contributed by atoms with Crippen LogP contribution in [0, 0.1) is 0 Å².